The number of hydrogen-bond donors (Lipinski definition) is 1. The Hall–Kier alpha value is -0.670. The van der Waals surface area contributed by atoms with Crippen molar-refractivity contribution in [2.75, 3.05) is 19.9 Å². The minimum Gasteiger partial charge on any atom is -0.497 e. The van der Waals surface area contributed by atoms with Gasteiger partial charge >= 0.3 is 0 Å². The number of nitrogens with one attached hydrogen (secondary N) is 1. The summed E-state index contributed by atoms with van der Waals surface area (Å²) < 4.78 is 5.20. The molecule has 0 fully saturated rings. The van der Waals surface area contributed by atoms with E-state index in [4.69, 9.17) is 4.74 Å². The van der Waals surface area contributed by atoms with E-state index in [0.29, 0.717) is 6.04 Å². The van der Waals surface area contributed by atoms with Gasteiger partial charge in [0.15, 0.2) is 0 Å². The predicted octanol–water partition coefficient (Wildman–Crippen LogP) is 2.06. The predicted molar refractivity (Wildman–Crippen MR) is 55.5 cm³/mol. The summed E-state index contributed by atoms with van der Waals surface area (Å²) in [6, 6.07) is 6.76. The second-order valence-corrected chi connectivity index (χ2v) is 4.12. The maximum atomic E-state index is 5.20. The van der Waals surface area contributed by atoms with E-state index in [1.807, 2.05) is 24.9 Å². The first kappa shape index (κ1) is 8.91. The van der Waals surface area contributed by atoms with Gasteiger partial charge in [0.1, 0.15) is 5.75 Å². The smallest absolute Gasteiger partial charge is 0.119 e. The summed E-state index contributed by atoms with van der Waals surface area (Å²) >= 11 is 1.90. The second kappa shape index (κ2) is 3.60. The highest BCUT2D eigenvalue weighted by Crippen LogP contribution is 2.39. The Labute approximate surface area is 82.7 Å². The number of benzene rings is 1. The Kier molecular flexibility index (Phi) is 2.47. The van der Waals surface area contributed by atoms with Gasteiger partial charge in [-0.05, 0) is 30.8 Å². The summed E-state index contributed by atoms with van der Waals surface area (Å²) in [6.07, 6.45) is 0. The van der Waals surface area contributed by atoms with Gasteiger partial charge in [0.25, 0.3) is 0 Å². The number of thioether (sulfide) groups is 1. The third-order valence-electron chi connectivity index (χ3n) is 2.35. The molecule has 1 aliphatic rings. The van der Waals surface area contributed by atoms with Crippen LogP contribution in [0.1, 0.15) is 11.6 Å². The molecule has 0 saturated heterocycles. The maximum Gasteiger partial charge on any atom is 0.119 e. The van der Waals surface area contributed by atoms with Crippen molar-refractivity contribution in [1.29, 1.82) is 0 Å². The van der Waals surface area contributed by atoms with E-state index in [1.54, 1.807) is 7.11 Å². The molecular weight excluding hydrogens is 182 g/mol. The quantitative estimate of drug-likeness (QED) is 0.780. The fourth-order valence-corrected chi connectivity index (χ4v) is 2.78. The summed E-state index contributed by atoms with van der Waals surface area (Å²) in [5.74, 6) is 2.07. The van der Waals surface area contributed by atoms with Crippen LogP contribution >= 0.6 is 11.8 Å². The molecule has 0 spiro atoms. The molecule has 70 valence electrons. The van der Waals surface area contributed by atoms with Gasteiger partial charge in [-0.2, -0.15) is 0 Å². The largest absolute Gasteiger partial charge is 0.497 e. The van der Waals surface area contributed by atoms with Crippen LogP contribution < -0.4 is 10.1 Å². The van der Waals surface area contributed by atoms with Gasteiger partial charge in [-0.1, -0.05) is 0 Å². The van der Waals surface area contributed by atoms with Crippen molar-refractivity contribution in [2.24, 2.45) is 0 Å². The highest BCUT2D eigenvalue weighted by Gasteiger charge is 2.21. The van der Waals surface area contributed by atoms with E-state index >= 15 is 0 Å². The molecule has 1 aliphatic heterocycles. The van der Waals surface area contributed by atoms with Crippen LogP contribution in [0.4, 0.5) is 0 Å². The number of rotatable bonds is 2. The molecule has 1 N–H and O–H groups in total. The topological polar surface area (TPSA) is 21.3 Å². The molecule has 1 heterocycles. The van der Waals surface area contributed by atoms with Crippen molar-refractivity contribution in [3.63, 3.8) is 0 Å². The summed E-state index contributed by atoms with van der Waals surface area (Å²) in [5.41, 5.74) is 1.37. The van der Waals surface area contributed by atoms with Crippen molar-refractivity contribution in [3.05, 3.63) is 23.8 Å². The number of methoxy groups -OCH3 is 1. The van der Waals surface area contributed by atoms with Crippen LogP contribution in [-0.2, 0) is 0 Å². The van der Waals surface area contributed by atoms with Gasteiger partial charge in [-0.15, -0.1) is 11.8 Å². The monoisotopic (exact) mass is 195 g/mol. The Morgan fingerprint density at radius 2 is 2.38 bits per heavy atom. The minimum absolute atomic E-state index is 0.482. The van der Waals surface area contributed by atoms with E-state index in [9.17, 15) is 0 Å². The lowest BCUT2D eigenvalue weighted by Gasteiger charge is -2.09. The lowest BCUT2D eigenvalue weighted by molar-refractivity contribution is 0.413. The molecule has 0 saturated carbocycles. The molecule has 0 aromatic heterocycles. The third kappa shape index (κ3) is 1.54. The number of hydrogen-bond acceptors (Lipinski definition) is 3. The molecule has 0 bridgehead atoms. The normalized spacial score (nSPS) is 20.0. The van der Waals surface area contributed by atoms with Crippen molar-refractivity contribution in [1.82, 2.24) is 5.32 Å². The summed E-state index contributed by atoms with van der Waals surface area (Å²) in [4.78, 5) is 1.38. The van der Waals surface area contributed by atoms with Gasteiger partial charge in [-0.25, -0.2) is 0 Å². The van der Waals surface area contributed by atoms with E-state index in [1.165, 1.54) is 10.5 Å². The van der Waals surface area contributed by atoms with E-state index in [-0.39, 0.29) is 0 Å². The first-order valence-corrected chi connectivity index (χ1v) is 5.31. The molecule has 3 heteroatoms. The molecule has 13 heavy (non-hydrogen) atoms. The summed E-state index contributed by atoms with van der Waals surface area (Å²) in [6.45, 7) is 0. The van der Waals surface area contributed by atoms with Crippen LogP contribution in [0, 0.1) is 0 Å². The fraction of sp³-hybridized carbons (Fsp3) is 0.400. The Balaban J connectivity index is 2.37. The first-order chi connectivity index (χ1) is 6.35. The van der Waals surface area contributed by atoms with Crippen LogP contribution in [-0.4, -0.2) is 19.9 Å². The third-order valence-corrected chi connectivity index (χ3v) is 3.53. The molecule has 1 aromatic carbocycles. The molecule has 0 radical (unpaired) electrons. The second-order valence-electron chi connectivity index (χ2n) is 3.06. The lowest BCUT2D eigenvalue weighted by atomic mass is 10.1. The zero-order valence-corrected chi connectivity index (χ0v) is 8.65. The minimum atomic E-state index is 0.482. The average molecular weight is 195 g/mol. The molecule has 0 amide bonds. The Morgan fingerprint density at radius 1 is 1.54 bits per heavy atom. The molecule has 1 aromatic rings. The highest BCUT2D eigenvalue weighted by atomic mass is 32.2. The number of fused-ring (bicyclic) bond motifs is 1. The molecule has 0 aliphatic carbocycles. The average Bonchev–Trinajstić information content (AvgIpc) is 2.59. The summed E-state index contributed by atoms with van der Waals surface area (Å²) in [5, 5.41) is 3.30. The van der Waals surface area contributed by atoms with Gasteiger partial charge in [-0.3, -0.25) is 0 Å². The first-order valence-electron chi connectivity index (χ1n) is 4.33. The zero-order valence-electron chi connectivity index (χ0n) is 7.83. The molecule has 2 nitrogen and oxygen atoms in total. The lowest BCUT2D eigenvalue weighted by Crippen LogP contribution is -2.15. The van der Waals surface area contributed by atoms with Crippen molar-refractivity contribution in [3.8, 4) is 5.75 Å². The van der Waals surface area contributed by atoms with Gasteiger partial charge in [0, 0.05) is 16.7 Å². The Morgan fingerprint density at radius 3 is 3.08 bits per heavy atom. The fourth-order valence-electron chi connectivity index (χ4n) is 1.56. The van der Waals surface area contributed by atoms with Crippen LogP contribution in [0.25, 0.3) is 0 Å². The van der Waals surface area contributed by atoms with Crippen LogP contribution in [0.3, 0.4) is 0 Å². The van der Waals surface area contributed by atoms with Gasteiger partial charge in [0.05, 0.1) is 7.11 Å². The molecule has 1 unspecified atom stereocenters. The van der Waals surface area contributed by atoms with Gasteiger partial charge in [0.2, 0.25) is 0 Å². The molecule has 1 atom stereocenters. The van der Waals surface area contributed by atoms with E-state index < -0.39 is 0 Å². The summed E-state index contributed by atoms with van der Waals surface area (Å²) in [7, 11) is 3.71. The molecule has 2 rings (SSSR count). The van der Waals surface area contributed by atoms with Crippen LogP contribution in [0.15, 0.2) is 23.1 Å². The number of ether oxygens (including phenoxy) is 1. The maximum absolute atomic E-state index is 5.20. The Bertz CT molecular complexity index is 314. The highest BCUT2D eigenvalue weighted by molar-refractivity contribution is 7.99. The van der Waals surface area contributed by atoms with Crippen LogP contribution in [0.2, 0.25) is 0 Å². The van der Waals surface area contributed by atoms with Gasteiger partial charge < -0.3 is 10.1 Å². The zero-order chi connectivity index (χ0) is 9.26. The van der Waals surface area contributed by atoms with E-state index in [2.05, 4.69) is 17.4 Å². The molecular formula is C10H13NOS. The standard InChI is InChI=1S/C10H13NOS/c1-11-9-6-13-10-4-3-7(12-2)5-8(9)10/h3-5,9,11H,6H2,1-2H3. The van der Waals surface area contributed by atoms with Crippen molar-refractivity contribution >= 4 is 11.8 Å². The van der Waals surface area contributed by atoms with Crippen molar-refractivity contribution in [2.45, 2.75) is 10.9 Å². The van der Waals surface area contributed by atoms with Crippen molar-refractivity contribution < 1.29 is 4.74 Å². The SMILES string of the molecule is CNC1CSc2ccc(OC)cc21. The van der Waals surface area contributed by atoms with E-state index in [0.717, 1.165) is 11.5 Å². The van der Waals surface area contributed by atoms with Crippen LogP contribution in [0.5, 0.6) is 5.75 Å².